The van der Waals surface area contributed by atoms with Gasteiger partial charge in [-0.25, -0.2) is 9.59 Å². The van der Waals surface area contributed by atoms with Crippen LogP contribution in [0.3, 0.4) is 0 Å². The summed E-state index contributed by atoms with van der Waals surface area (Å²) in [5, 5.41) is 0. The van der Waals surface area contributed by atoms with E-state index in [2.05, 4.69) is 13.2 Å². The highest BCUT2D eigenvalue weighted by Crippen LogP contribution is 2.05. The van der Waals surface area contributed by atoms with Crippen molar-refractivity contribution < 1.29 is 61.7 Å². The molecule has 0 aromatic rings. The fourth-order valence-electron chi connectivity index (χ4n) is 3.44. The maximum atomic E-state index is 11.0. The Balaban J connectivity index is 3.87. The number of carbonyl (C=O) groups is 2. The average molecular weight is 679 g/mol. The molecule has 0 aromatic heterocycles. The lowest BCUT2D eigenvalue weighted by Crippen LogP contribution is -2.30. The van der Waals surface area contributed by atoms with Crippen molar-refractivity contribution in [3.8, 4) is 0 Å². The number of esters is 2. The second kappa shape index (κ2) is 29.0. The van der Waals surface area contributed by atoms with Crippen molar-refractivity contribution in [2.45, 2.75) is 104 Å². The Bertz CT molecular complexity index is 811. The van der Waals surface area contributed by atoms with E-state index in [-0.39, 0.29) is 62.0 Å². The molecule has 8 atom stereocenters. The fraction of sp³-hybridized carbons (Fsp3) is 0.824. The molecule has 0 aromatic carbocycles. The largest absolute Gasteiger partial charge is 0.460 e. The molecule has 0 bridgehead atoms. The third-order valence-corrected chi connectivity index (χ3v) is 6.20. The molecule has 8 unspecified atom stereocenters. The molecule has 0 fully saturated rings. The van der Waals surface area contributed by atoms with Crippen molar-refractivity contribution in [3.05, 3.63) is 25.3 Å². The second-order valence-electron chi connectivity index (χ2n) is 11.5. The molecule has 0 saturated heterocycles. The van der Waals surface area contributed by atoms with E-state index < -0.39 is 11.9 Å². The third kappa shape index (κ3) is 28.8. The first kappa shape index (κ1) is 45.1. The van der Waals surface area contributed by atoms with Crippen molar-refractivity contribution in [3.63, 3.8) is 0 Å². The summed E-state index contributed by atoms with van der Waals surface area (Å²) >= 11 is 0. The van der Waals surface area contributed by atoms with Gasteiger partial charge in [-0.3, -0.25) is 0 Å². The topological polar surface area (TPSA) is 136 Å². The van der Waals surface area contributed by atoms with Crippen LogP contribution < -0.4 is 0 Å². The van der Waals surface area contributed by atoms with Crippen LogP contribution in [0.15, 0.2) is 25.3 Å². The standard InChI is InChI=1S/C34H62O13/c1-11-33(35)39-14-13-37-17-25(3)41-19-27(5)43-21-29(7)45-23-31(9)47-24-32(10)46-22-30(8)44-20-28(6)42-18-26(4)38-15-16-40-34(36)12-2/h11-12,25-32H,1-2,13-24H2,3-10H3. The van der Waals surface area contributed by atoms with Crippen LogP contribution in [0.5, 0.6) is 0 Å². The molecule has 0 heterocycles. The Morgan fingerprint density at radius 3 is 0.957 bits per heavy atom. The van der Waals surface area contributed by atoms with Crippen molar-refractivity contribution in [2.75, 3.05) is 79.3 Å². The van der Waals surface area contributed by atoms with Gasteiger partial charge in [0.1, 0.15) is 13.2 Å². The van der Waals surface area contributed by atoms with Crippen LogP contribution in [-0.4, -0.2) is 140 Å². The number of hydrogen-bond donors (Lipinski definition) is 0. The summed E-state index contributed by atoms with van der Waals surface area (Å²) in [4.78, 5) is 22.0. The van der Waals surface area contributed by atoms with Gasteiger partial charge in [0.25, 0.3) is 0 Å². The highest BCUT2D eigenvalue weighted by atomic mass is 16.6. The van der Waals surface area contributed by atoms with E-state index in [0.717, 1.165) is 12.2 Å². The van der Waals surface area contributed by atoms with Crippen molar-refractivity contribution in [1.82, 2.24) is 0 Å². The van der Waals surface area contributed by atoms with Gasteiger partial charge in [-0.15, -0.1) is 0 Å². The quantitative estimate of drug-likeness (QED) is 0.0582. The average Bonchev–Trinajstić information content (AvgIpc) is 3.06. The molecule has 0 aliphatic rings. The van der Waals surface area contributed by atoms with Gasteiger partial charge in [-0.1, -0.05) is 13.2 Å². The SMILES string of the molecule is C=CC(=O)OCCOCC(C)OCC(C)OCC(C)OCC(C)OCC(C)OCC(C)OCC(C)OCC(C)OCCOC(=O)C=C. The van der Waals surface area contributed by atoms with Crippen LogP contribution in [0.25, 0.3) is 0 Å². The normalized spacial score (nSPS) is 16.7. The van der Waals surface area contributed by atoms with Crippen molar-refractivity contribution in [2.24, 2.45) is 0 Å². The van der Waals surface area contributed by atoms with Gasteiger partial charge >= 0.3 is 11.9 Å². The van der Waals surface area contributed by atoms with Gasteiger partial charge in [0, 0.05) is 12.2 Å². The zero-order valence-corrected chi connectivity index (χ0v) is 30.0. The number of carbonyl (C=O) groups excluding carboxylic acids is 2. The predicted octanol–water partition coefficient (Wildman–Crippen LogP) is 3.70. The van der Waals surface area contributed by atoms with Crippen molar-refractivity contribution in [1.29, 1.82) is 0 Å². The summed E-state index contributed by atoms with van der Waals surface area (Å²) in [6.45, 7) is 26.5. The molecule has 0 rings (SSSR count). The minimum absolute atomic E-state index is 0.106. The van der Waals surface area contributed by atoms with Gasteiger partial charge in [0.15, 0.2) is 0 Å². The molecule has 0 aliphatic carbocycles. The summed E-state index contributed by atoms with van der Waals surface area (Å²) < 4.78 is 61.6. The van der Waals surface area contributed by atoms with Crippen LogP contribution in [0.2, 0.25) is 0 Å². The summed E-state index contributed by atoms with van der Waals surface area (Å²) in [6.07, 6.45) is 1.32. The van der Waals surface area contributed by atoms with Gasteiger partial charge < -0.3 is 52.1 Å². The van der Waals surface area contributed by atoms with E-state index in [0.29, 0.717) is 66.1 Å². The Morgan fingerprint density at radius 1 is 0.404 bits per heavy atom. The Morgan fingerprint density at radius 2 is 0.660 bits per heavy atom. The van der Waals surface area contributed by atoms with E-state index in [1.165, 1.54) is 0 Å². The molecule has 0 N–H and O–H groups in total. The van der Waals surface area contributed by atoms with Crippen molar-refractivity contribution >= 4 is 11.9 Å². The fourth-order valence-corrected chi connectivity index (χ4v) is 3.44. The van der Waals surface area contributed by atoms with Gasteiger partial charge in [0.05, 0.1) is 115 Å². The van der Waals surface area contributed by atoms with E-state index in [4.69, 9.17) is 52.1 Å². The first-order valence-corrected chi connectivity index (χ1v) is 16.4. The van der Waals surface area contributed by atoms with Crippen LogP contribution in [-0.2, 0) is 61.7 Å². The molecule has 13 heteroatoms. The maximum absolute atomic E-state index is 11.0. The van der Waals surface area contributed by atoms with Gasteiger partial charge in [-0.05, 0) is 55.4 Å². The Labute approximate surface area is 282 Å². The second-order valence-corrected chi connectivity index (χ2v) is 11.5. The number of rotatable bonds is 32. The molecule has 47 heavy (non-hydrogen) atoms. The minimum Gasteiger partial charge on any atom is -0.460 e. The maximum Gasteiger partial charge on any atom is 0.330 e. The van der Waals surface area contributed by atoms with Gasteiger partial charge in [0.2, 0.25) is 0 Å². The van der Waals surface area contributed by atoms with E-state index in [9.17, 15) is 9.59 Å². The van der Waals surface area contributed by atoms with Crippen LogP contribution in [0, 0.1) is 0 Å². The molecule has 0 saturated carbocycles. The smallest absolute Gasteiger partial charge is 0.330 e. The molecule has 276 valence electrons. The number of ether oxygens (including phenoxy) is 11. The summed E-state index contributed by atoms with van der Waals surface area (Å²) in [6, 6.07) is 0. The summed E-state index contributed by atoms with van der Waals surface area (Å²) in [5.41, 5.74) is 0. The Kier molecular flexibility index (Phi) is 27.8. The monoisotopic (exact) mass is 678 g/mol. The lowest BCUT2D eigenvalue weighted by molar-refractivity contribution is -0.141. The summed E-state index contributed by atoms with van der Waals surface area (Å²) in [5.74, 6) is -0.937. The predicted molar refractivity (Wildman–Crippen MR) is 176 cm³/mol. The van der Waals surface area contributed by atoms with Crippen LogP contribution >= 0.6 is 0 Å². The zero-order chi connectivity index (χ0) is 35.5. The first-order valence-electron chi connectivity index (χ1n) is 16.4. The molecule has 0 amide bonds. The highest BCUT2D eigenvalue weighted by molar-refractivity contribution is 5.81. The van der Waals surface area contributed by atoms with E-state index in [1.807, 2.05) is 55.4 Å². The van der Waals surface area contributed by atoms with Crippen LogP contribution in [0.1, 0.15) is 55.4 Å². The van der Waals surface area contributed by atoms with Crippen LogP contribution in [0.4, 0.5) is 0 Å². The van der Waals surface area contributed by atoms with E-state index >= 15 is 0 Å². The molecule has 0 spiro atoms. The van der Waals surface area contributed by atoms with Gasteiger partial charge in [-0.2, -0.15) is 0 Å². The molecular weight excluding hydrogens is 616 g/mol. The minimum atomic E-state index is -0.469. The lowest BCUT2D eigenvalue weighted by Gasteiger charge is -2.23. The molecular formula is C34H62O13. The number of hydrogen-bond acceptors (Lipinski definition) is 13. The molecule has 0 aliphatic heterocycles. The summed E-state index contributed by atoms with van der Waals surface area (Å²) in [7, 11) is 0. The molecule has 13 nitrogen and oxygen atoms in total. The molecule has 0 radical (unpaired) electrons. The third-order valence-electron chi connectivity index (χ3n) is 6.20. The zero-order valence-electron chi connectivity index (χ0n) is 30.0. The first-order chi connectivity index (χ1) is 22.4. The Hall–Kier alpha value is -1.94. The lowest BCUT2D eigenvalue weighted by atomic mass is 10.3. The highest BCUT2D eigenvalue weighted by Gasteiger charge is 2.15. The van der Waals surface area contributed by atoms with E-state index in [1.54, 1.807) is 0 Å².